The Bertz CT molecular complexity index is 444. The number of nitrogens with zero attached hydrogens (tertiary/aromatic N) is 1. The Morgan fingerprint density at radius 1 is 1.53 bits per heavy atom. The van der Waals surface area contributed by atoms with E-state index in [-0.39, 0.29) is 5.02 Å². The summed E-state index contributed by atoms with van der Waals surface area (Å²) < 4.78 is 18.4. The van der Waals surface area contributed by atoms with Crippen LogP contribution in [0.1, 0.15) is 12.8 Å². The number of nitrogens with one attached hydrogen (secondary N) is 1. The zero-order valence-corrected chi connectivity index (χ0v) is 8.94. The maximum atomic E-state index is 13.1. The third-order valence-electron chi connectivity index (χ3n) is 2.00. The van der Waals surface area contributed by atoms with Gasteiger partial charge in [-0.05, 0) is 12.6 Å². The van der Waals surface area contributed by atoms with Crippen molar-refractivity contribution in [2.24, 2.45) is 0 Å². The summed E-state index contributed by atoms with van der Waals surface area (Å²) in [5.41, 5.74) is 0.999. The van der Waals surface area contributed by atoms with Gasteiger partial charge in [0.2, 0.25) is 5.89 Å². The molecule has 0 saturated heterocycles. The zero-order valence-electron chi connectivity index (χ0n) is 8.18. The molecule has 0 fully saturated rings. The van der Waals surface area contributed by atoms with Gasteiger partial charge in [-0.2, -0.15) is 0 Å². The van der Waals surface area contributed by atoms with Gasteiger partial charge >= 0.3 is 0 Å². The highest BCUT2D eigenvalue weighted by atomic mass is 35.5. The van der Waals surface area contributed by atoms with Crippen LogP contribution in [-0.4, -0.2) is 11.5 Å². The van der Waals surface area contributed by atoms with E-state index in [2.05, 4.69) is 10.3 Å². The molecule has 0 saturated carbocycles. The highest BCUT2D eigenvalue weighted by Crippen LogP contribution is 2.23. The summed E-state index contributed by atoms with van der Waals surface area (Å²) in [6.07, 6.45) is 0. The maximum Gasteiger partial charge on any atom is 0.209 e. The van der Waals surface area contributed by atoms with Crippen LogP contribution in [0.25, 0.3) is 11.1 Å². The molecular weight excluding hydrogens is 219 g/mol. The largest absolute Gasteiger partial charge is 0.439 e. The molecule has 0 atom stereocenters. The Labute approximate surface area is 91.2 Å². The molecule has 0 bridgehead atoms. The lowest BCUT2D eigenvalue weighted by Crippen LogP contribution is -2.11. The first-order chi connectivity index (χ1) is 7.20. The Balaban J connectivity index is 2.38. The molecule has 1 aromatic carbocycles. The minimum Gasteiger partial charge on any atom is -0.439 e. The molecule has 0 radical (unpaired) electrons. The summed E-state index contributed by atoms with van der Waals surface area (Å²) in [5, 5.41) is 3.13. The van der Waals surface area contributed by atoms with Gasteiger partial charge in [0.25, 0.3) is 0 Å². The SMILES string of the molecule is CCNCc1nc2cc(Cl)c(F)cc2o1. The number of aromatic nitrogens is 1. The van der Waals surface area contributed by atoms with Gasteiger partial charge < -0.3 is 9.73 Å². The van der Waals surface area contributed by atoms with Gasteiger partial charge in [0.15, 0.2) is 5.58 Å². The molecule has 0 aliphatic heterocycles. The lowest BCUT2D eigenvalue weighted by molar-refractivity contribution is 0.499. The molecular formula is C10H10ClFN2O. The van der Waals surface area contributed by atoms with Crippen molar-refractivity contribution in [2.75, 3.05) is 6.54 Å². The number of hydrogen-bond acceptors (Lipinski definition) is 3. The highest BCUT2D eigenvalue weighted by molar-refractivity contribution is 6.31. The quantitative estimate of drug-likeness (QED) is 0.878. The van der Waals surface area contributed by atoms with Crippen LogP contribution in [0.3, 0.4) is 0 Å². The van der Waals surface area contributed by atoms with E-state index in [9.17, 15) is 4.39 Å². The Kier molecular flexibility index (Phi) is 2.88. The predicted molar refractivity (Wildman–Crippen MR) is 56.4 cm³/mol. The lowest BCUT2D eigenvalue weighted by Gasteiger charge is -1.93. The molecule has 2 aromatic rings. The average Bonchev–Trinajstić information content (AvgIpc) is 2.58. The monoisotopic (exact) mass is 228 g/mol. The van der Waals surface area contributed by atoms with Crippen molar-refractivity contribution in [3.8, 4) is 0 Å². The minimum absolute atomic E-state index is 0.0609. The smallest absolute Gasteiger partial charge is 0.209 e. The van der Waals surface area contributed by atoms with Crippen molar-refractivity contribution in [3.63, 3.8) is 0 Å². The lowest BCUT2D eigenvalue weighted by atomic mass is 10.3. The average molecular weight is 229 g/mol. The van der Waals surface area contributed by atoms with Gasteiger partial charge in [-0.15, -0.1) is 0 Å². The van der Waals surface area contributed by atoms with Crippen molar-refractivity contribution in [1.82, 2.24) is 10.3 Å². The summed E-state index contributed by atoms with van der Waals surface area (Å²) >= 11 is 5.63. The number of hydrogen-bond donors (Lipinski definition) is 1. The van der Waals surface area contributed by atoms with Crippen molar-refractivity contribution in [3.05, 3.63) is 28.9 Å². The van der Waals surface area contributed by atoms with Crippen molar-refractivity contribution in [1.29, 1.82) is 0 Å². The van der Waals surface area contributed by atoms with Gasteiger partial charge in [-0.25, -0.2) is 9.37 Å². The first-order valence-corrected chi connectivity index (χ1v) is 5.03. The number of fused-ring (bicyclic) bond motifs is 1. The topological polar surface area (TPSA) is 38.1 Å². The molecule has 5 heteroatoms. The fourth-order valence-corrected chi connectivity index (χ4v) is 1.44. The number of benzene rings is 1. The van der Waals surface area contributed by atoms with Crippen molar-refractivity contribution < 1.29 is 8.81 Å². The van der Waals surface area contributed by atoms with Crippen LogP contribution < -0.4 is 5.32 Å². The van der Waals surface area contributed by atoms with Crippen molar-refractivity contribution >= 4 is 22.7 Å². The van der Waals surface area contributed by atoms with Gasteiger partial charge in [0.1, 0.15) is 11.3 Å². The second-order valence-electron chi connectivity index (χ2n) is 3.12. The predicted octanol–water partition coefficient (Wildman–Crippen LogP) is 2.73. The van der Waals surface area contributed by atoms with Crippen LogP contribution >= 0.6 is 11.6 Å². The Morgan fingerprint density at radius 2 is 2.33 bits per heavy atom. The molecule has 1 heterocycles. The molecule has 80 valence electrons. The Morgan fingerprint density at radius 3 is 3.07 bits per heavy atom. The summed E-state index contributed by atoms with van der Waals surface area (Å²) in [5.74, 6) is 0.0452. The molecule has 1 N–H and O–H groups in total. The minimum atomic E-state index is -0.490. The van der Waals surface area contributed by atoms with E-state index < -0.39 is 5.82 Å². The molecule has 0 aliphatic carbocycles. The molecule has 15 heavy (non-hydrogen) atoms. The molecule has 3 nitrogen and oxygen atoms in total. The second-order valence-corrected chi connectivity index (χ2v) is 3.53. The van der Waals surface area contributed by atoms with E-state index >= 15 is 0 Å². The third kappa shape index (κ3) is 2.11. The molecule has 1 aromatic heterocycles. The number of halogens is 2. The molecule has 0 spiro atoms. The highest BCUT2D eigenvalue weighted by Gasteiger charge is 2.09. The summed E-state index contributed by atoms with van der Waals surface area (Å²) in [7, 11) is 0. The van der Waals surface area contributed by atoms with Crippen LogP contribution in [0.15, 0.2) is 16.5 Å². The van der Waals surface area contributed by atoms with E-state index in [1.165, 1.54) is 12.1 Å². The van der Waals surface area contributed by atoms with Crippen LogP contribution in [0.2, 0.25) is 5.02 Å². The third-order valence-corrected chi connectivity index (χ3v) is 2.29. The molecule has 0 unspecified atom stereocenters. The van der Waals surface area contributed by atoms with E-state index in [4.69, 9.17) is 16.0 Å². The molecule has 0 aliphatic rings. The second kappa shape index (κ2) is 4.16. The van der Waals surface area contributed by atoms with Crippen LogP contribution in [0.5, 0.6) is 0 Å². The number of rotatable bonds is 3. The summed E-state index contributed by atoms with van der Waals surface area (Å²) in [6, 6.07) is 2.71. The first kappa shape index (κ1) is 10.4. The van der Waals surface area contributed by atoms with E-state index in [1.807, 2.05) is 6.92 Å². The number of oxazole rings is 1. The molecule has 0 amide bonds. The van der Waals surface area contributed by atoms with Gasteiger partial charge in [-0.1, -0.05) is 18.5 Å². The van der Waals surface area contributed by atoms with Crippen LogP contribution in [0, 0.1) is 5.82 Å². The van der Waals surface area contributed by atoms with Gasteiger partial charge in [0.05, 0.1) is 11.6 Å². The molecule has 2 rings (SSSR count). The van der Waals surface area contributed by atoms with Gasteiger partial charge in [-0.3, -0.25) is 0 Å². The normalized spacial score (nSPS) is 11.1. The standard InChI is InChI=1S/C10H10ClFN2O/c1-2-13-5-10-14-8-3-6(11)7(12)4-9(8)15-10/h3-4,13H,2,5H2,1H3. The van der Waals surface area contributed by atoms with E-state index in [0.717, 1.165) is 6.54 Å². The maximum absolute atomic E-state index is 13.1. The van der Waals surface area contributed by atoms with Crippen LogP contribution in [-0.2, 0) is 6.54 Å². The fraction of sp³-hybridized carbons (Fsp3) is 0.300. The zero-order chi connectivity index (χ0) is 10.8. The van der Waals surface area contributed by atoms with Crippen LogP contribution in [0.4, 0.5) is 4.39 Å². The summed E-state index contributed by atoms with van der Waals surface area (Å²) in [4.78, 5) is 4.17. The van der Waals surface area contributed by atoms with Gasteiger partial charge in [0, 0.05) is 6.07 Å². The van der Waals surface area contributed by atoms with E-state index in [1.54, 1.807) is 0 Å². The summed E-state index contributed by atoms with van der Waals surface area (Å²) in [6.45, 7) is 3.34. The van der Waals surface area contributed by atoms with E-state index in [0.29, 0.717) is 23.5 Å². The first-order valence-electron chi connectivity index (χ1n) is 4.66. The fourth-order valence-electron chi connectivity index (χ4n) is 1.28. The van der Waals surface area contributed by atoms with Crippen molar-refractivity contribution in [2.45, 2.75) is 13.5 Å². The Hall–Kier alpha value is -1.13.